The topological polar surface area (TPSA) is 80.9 Å². The number of carbonyl (C=O) groups is 1. The van der Waals surface area contributed by atoms with Crippen molar-refractivity contribution in [1.29, 1.82) is 0 Å². The summed E-state index contributed by atoms with van der Waals surface area (Å²) in [5, 5.41) is 20.9. The largest absolute Gasteiger partial charge is 0.478 e. The summed E-state index contributed by atoms with van der Waals surface area (Å²) in [5.74, 6) is -1.04. The summed E-state index contributed by atoms with van der Waals surface area (Å²) in [6.45, 7) is 0. The number of nitrogens with zero attached hydrogens (tertiary/aromatic N) is 4. The van der Waals surface area contributed by atoms with E-state index in [1.165, 1.54) is 22.5 Å². The van der Waals surface area contributed by atoms with Crippen LogP contribution in [0.5, 0.6) is 0 Å². The minimum atomic E-state index is -1.04. The monoisotopic (exact) mass is 270 g/mol. The Bertz CT molecular complexity index is 572. The summed E-state index contributed by atoms with van der Waals surface area (Å²) in [4.78, 5) is 11.6. The average Bonchev–Trinajstić information content (AvgIpc) is 2.67. The first-order chi connectivity index (χ1) is 8.08. The van der Waals surface area contributed by atoms with Crippen molar-refractivity contribution in [2.24, 2.45) is 7.05 Å². The van der Waals surface area contributed by atoms with E-state index >= 15 is 0 Å². The highest BCUT2D eigenvalue weighted by Gasteiger charge is 2.14. The first-order valence-corrected chi connectivity index (χ1v) is 5.70. The van der Waals surface area contributed by atoms with Crippen molar-refractivity contribution in [1.82, 2.24) is 20.2 Å². The Balaban J connectivity index is 2.39. The van der Waals surface area contributed by atoms with Crippen molar-refractivity contribution in [2.45, 2.75) is 10.1 Å². The van der Waals surface area contributed by atoms with Gasteiger partial charge in [-0.3, -0.25) is 0 Å². The van der Waals surface area contributed by atoms with E-state index in [0.717, 1.165) is 0 Å². The molecule has 88 valence electrons. The lowest BCUT2D eigenvalue weighted by Crippen LogP contribution is -2.00. The highest BCUT2D eigenvalue weighted by atomic mass is 35.5. The number of halogens is 1. The molecule has 0 radical (unpaired) electrons. The first kappa shape index (κ1) is 11.9. The SMILES string of the molecule is Cn1nnnc1Sc1ccc(Cl)cc1C(=O)O. The van der Waals surface area contributed by atoms with E-state index in [2.05, 4.69) is 15.5 Å². The number of tetrazole rings is 1. The van der Waals surface area contributed by atoms with Crippen LogP contribution in [0.3, 0.4) is 0 Å². The van der Waals surface area contributed by atoms with Gasteiger partial charge in [-0.2, -0.15) is 0 Å². The quantitative estimate of drug-likeness (QED) is 0.914. The molecule has 6 nitrogen and oxygen atoms in total. The Labute approximate surface area is 106 Å². The predicted octanol–water partition coefficient (Wildman–Crippen LogP) is 1.71. The molecule has 0 aliphatic rings. The van der Waals surface area contributed by atoms with Gasteiger partial charge in [0.05, 0.1) is 5.56 Å². The van der Waals surface area contributed by atoms with Gasteiger partial charge in [0.25, 0.3) is 0 Å². The molecule has 0 saturated carbocycles. The zero-order chi connectivity index (χ0) is 12.4. The third kappa shape index (κ3) is 2.56. The van der Waals surface area contributed by atoms with Crippen molar-refractivity contribution in [3.8, 4) is 0 Å². The normalized spacial score (nSPS) is 10.5. The summed E-state index contributed by atoms with van der Waals surface area (Å²) in [7, 11) is 1.68. The molecule has 2 rings (SSSR count). The minimum absolute atomic E-state index is 0.130. The van der Waals surface area contributed by atoms with Crippen LogP contribution in [0.1, 0.15) is 10.4 Å². The fraction of sp³-hybridized carbons (Fsp3) is 0.111. The van der Waals surface area contributed by atoms with Crippen LogP contribution in [0.25, 0.3) is 0 Å². The van der Waals surface area contributed by atoms with Gasteiger partial charge in [0.15, 0.2) is 0 Å². The molecule has 0 amide bonds. The number of carboxylic acids is 1. The Morgan fingerprint density at radius 1 is 1.53 bits per heavy atom. The van der Waals surface area contributed by atoms with Crippen LogP contribution < -0.4 is 0 Å². The molecule has 0 spiro atoms. The van der Waals surface area contributed by atoms with E-state index in [-0.39, 0.29) is 5.56 Å². The lowest BCUT2D eigenvalue weighted by Gasteiger charge is -2.04. The molecule has 1 heterocycles. The maximum Gasteiger partial charge on any atom is 0.336 e. The van der Waals surface area contributed by atoms with Crippen LogP contribution in [0.15, 0.2) is 28.3 Å². The molecule has 0 fully saturated rings. The van der Waals surface area contributed by atoms with Crippen molar-refractivity contribution in [3.05, 3.63) is 28.8 Å². The number of carboxylic acid groups (broad SMARTS) is 1. The van der Waals surface area contributed by atoms with E-state index in [9.17, 15) is 4.79 Å². The van der Waals surface area contributed by atoms with Crippen LogP contribution in [0.2, 0.25) is 5.02 Å². The van der Waals surface area contributed by atoms with Crippen LogP contribution in [0, 0.1) is 0 Å². The summed E-state index contributed by atoms with van der Waals surface area (Å²) in [6, 6.07) is 4.65. The van der Waals surface area contributed by atoms with E-state index in [1.54, 1.807) is 19.2 Å². The molecule has 1 aromatic heterocycles. The van der Waals surface area contributed by atoms with Crippen molar-refractivity contribution in [2.75, 3.05) is 0 Å². The number of benzene rings is 1. The Kier molecular flexibility index (Phi) is 3.30. The van der Waals surface area contributed by atoms with Gasteiger partial charge in [-0.15, -0.1) is 5.10 Å². The molecule has 0 atom stereocenters. The molecule has 0 aliphatic carbocycles. The number of hydrogen-bond donors (Lipinski definition) is 1. The summed E-state index contributed by atoms with van der Waals surface area (Å²) < 4.78 is 1.46. The molecular weight excluding hydrogens is 264 g/mol. The number of hydrogen-bond acceptors (Lipinski definition) is 5. The van der Waals surface area contributed by atoms with Gasteiger partial charge in [-0.1, -0.05) is 11.6 Å². The van der Waals surface area contributed by atoms with Crippen molar-refractivity contribution >= 4 is 29.3 Å². The van der Waals surface area contributed by atoms with Crippen LogP contribution >= 0.6 is 23.4 Å². The summed E-state index contributed by atoms with van der Waals surface area (Å²) >= 11 is 6.93. The molecule has 0 bridgehead atoms. The number of rotatable bonds is 3. The lowest BCUT2D eigenvalue weighted by molar-refractivity contribution is 0.0693. The highest BCUT2D eigenvalue weighted by molar-refractivity contribution is 7.99. The van der Waals surface area contributed by atoms with Gasteiger partial charge in [-0.05, 0) is 40.4 Å². The summed E-state index contributed by atoms with van der Waals surface area (Å²) in [5.41, 5.74) is 0.130. The zero-order valence-corrected chi connectivity index (χ0v) is 10.2. The fourth-order valence-electron chi connectivity index (χ4n) is 1.16. The maximum absolute atomic E-state index is 11.1. The van der Waals surface area contributed by atoms with Crippen molar-refractivity contribution in [3.63, 3.8) is 0 Å². The molecule has 0 saturated heterocycles. The van der Waals surface area contributed by atoms with E-state index in [4.69, 9.17) is 16.7 Å². The summed E-state index contributed by atoms with van der Waals surface area (Å²) in [6.07, 6.45) is 0. The van der Waals surface area contributed by atoms with Gasteiger partial charge < -0.3 is 5.11 Å². The van der Waals surface area contributed by atoms with E-state index < -0.39 is 5.97 Å². The average molecular weight is 271 g/mol. The second kappa shape index (κ2) is 4.72. The van der Waals surface area contributed by atoms with E-state index in [0.29, 0.717) is 15.1 Å². The van der Waals surface area contributed by atoms with Crippen molar-refractivity contribution < 1.29 is 9.90 Å². The number of aromatic carboxylic acids is 1. The Morgan fingerprint density at radius 2 is 2.29 bits per heavy atom. The van der Waals surface area contributed by atoms with Gasteiger partial charge in [-0.25, -0.2) is 9.48 Å². The number of aryl methyl sites for hydroxylation is 1. The minimum Gasteiger partial charge on any atom is -0.478 e. The maximum atomic E-state index is 11.1. The molecule has 0 unspecified atom stereocenters. The molecule has 2 aromatic rings. The zero-order valence-electron chi connectivity index (χ0n) is 8.66. The Morgan fingerprint density at radius 3 is 2.88 bits per heavy atom. The van der Waals surface area contributed by atoms with Gasteiger partial charge in [0.2, 0.25) is 5.16 Å². The number of aromatic nitrogens is 4. The molecule has 8 heteroatoms. The standard InChI is InChI=1S/C9H7ClN4O2S/c1-14-9(11-12-13-14)17-7-3-2-5(10)4-6(7)8(15)16/h2-4H,1H3,(H,15,16). The third-order valence-corrected chi connectivity index (χ3v) is 3.29. The second-order valence-electron chi connectivity index (χ2n) is 3.13. The highest BCUT2D eigenvalue weighted by Crippen LogP contribution is 2.30. The molecular formula is C9H7ClN4O2S. The fourth-order valence-corrected chi connectivity index (χ4v) is 2.17. The predicted molar refractivity (Wildman–Crippen MR) is 61.3 cm³/mol. The second-order valence-corrected chi connectivity index (χ2v) is 4.58. The van der Waals surface area contributed by atoms with Crippen LogP contribution in [-0.4, -0.2) is 31.3 Å². The smallest absolute Gasteiger partial charge is 0.336 e. The molecule has 17 heavy (non-hydrogen) atoms. The molecule has 1 N–H and O–H groups in total. The van der Waals surface area contributed by atoms with Gasteiger partial charge >= 0.3 is 5.97 Å². The van der Waals surface area contributed by atoms with Gasteiger partial charge in [0, 0.05) is 17.0 Å². The third-order valence-electron chi connectivity index (χ3n) is 1.95. The van der Waals surface area contributed by atoms with E-state index in [1.807, 2.05) is 0 Å². The van der Waals surface area contributed by atoms with Crippen LogP contribution in [0.4, 0.5) is 0 Å². The van der Waals surface area contributed by atoms with Gasteiger partial charge in [0.1, 0.15) is 0 Å². The van der Waals surface area contributed by atoms with Crippen LogP contribution in [-0.2, 0) is 7.05 Å². The lowest BCUT2D eigenvalue weighted by atomic mass is 10.2. The Hall–Kier alpha value is -1.60. The molecule has 1 aromatic carbocycles. The molecule has 0 aliphatic heterocycles. The first-order valence-electron chi connectivity index (χ1n) is 4.51.